The first kappa shape index (κ1) is 21.1. The number of nitrogens with zero attached hydrogens (tertiary/aromatic N) is 1. The van der Waals surface area contributed by atoms with Gasteiger partial charge in [0.05, 0.1) is 48.4 Å². The predicted molar refractivity (Wildman–Crippen MR) is 114 cm³/mol. The van der Waals surface area contributed by atoms with Crippen LogP contribution in [-0.4, -0.2) is 47.6 Å². The van der Waals surface area contributed by atoms with Crippen molar-refractivity contribution in [3.8, 4) is 56.9 Å². The van der Waals surface area contributed by atoms with Crippen molar-refractivity contribution >= 4 is 0 Å². The Morgan fingerprint density at radius 3 is 1.27 bits per heavy atom. The molecule has 158 valence electrons. The molecule has 2 aromatic carbocycles. The number of aromatic nitrogens is 1. The van der Waals surface area contributed by atoms with Crippen LogP contribution >= 0.6 is 0 Å². The van der Waals surface area contributed by atoms with Crippen molar-refractivity contribution in [3.05, 3.63) is 42.6 Å². The van der Waals surface area contributed by atoms with Gasteiger partial charge in [-0.1, -0.05) is 6.07 Å². The molecule has 0 N–H and O–H groups in total. The molecule has 0 bridgehead atoms. The van der Waals surface area contributed by atoms with Crippen LogP contribution in [0, 0.1) is 0 Å². The average Bonchev–Trinajstić information content (AvgIpc) is 2.81. The zero-order chi connectivity index (χ0) is 21.7. The Kier molecular flexibility index (Phi) is 6.51. The molecule has 30 heavy (non-hydrogen) atoms. The quantitative estimate of drug-likeness (QED) is 0.542. The lowest BCUT2D eigenvalue weighted by Crippen LogP contribution is -1.97. The number of ether oxygens (including phenoxy) is 6. The van der Waals surface area contributed by atoms with Gasteiger partial charge in [-0.05, 0) is 35.9 Å². The third kappa shape index (κ3) is 3.91. The van der Waals surface area contributed by atoms with Crippen LogP contribution in [0.2, 0.25) is 0 Å². The van der Waals surface area contributed by atoms with E-state index in [0.717, 1.165) is 22.4 Å². The molecule has 0 atom stereocenters. The summed E-state index contributed by atoms with van der Waals surface area (Å²) in [5.41, 5.74) is 3.42. The molecule has 0 aliphatic rings. The molecule has 1 aromatic heterocycles. The number of benzene rings is 2. The largest absolute Gasteiger partial charge is 0.493 e. The zero-order valence-electron chi connectivity index (χ0n) is 17.9. The van der Waals surface area contributed by atoms with Crippen LogP contribution in [0.25, 0.3) is 22.4 Å². The van der Waals surface area contributed by atoms with Crippen molar-refractivity contribution < 1.29 is 28.4 Å². The van der Waals surface area contributed by atoms with E-state index >= 15 is 0 Å². The fraction of sp³-hybridized carbons (Fsp3) is 0.261. The van der Waals surface area contributed by atoms with E-state index in [9.17, 15) is 0 Å². The van der Waals surface area contributed by atoms with Crippen LogP contribution in [-0.2, 0) is 0 Å². The summed E-state index contributed by atoms with van der Waals surface area (Å²) >= 11 is 0. The molecule has 0 spiro atoms. The van der Waals surface area contributed by atoms with Crippen molar-refractivity contribution in [1.29, 1.82) is 0 Å². The Labute approximate surface area is 176 Å². The third-order valence-corrected chi connectivity index (χ3v) is 4.72. The van der Waals surface area contributed by atoms with Gasteiger partial charge in [-0.25, -0.2) is 0 Å². The minimum atomic E-state index is 0.540. The van der Waals surface area contributed by atoms with E-state index in [1.807, 2.05) is 36.4 Å². The summed E-state index contributed by atoms with van der Waals surface area (Å²) in [6, 6.07) is 11.4. The SMILES string of the molecule is COc1cc(-c2ccc(-c3cc(OC)c(OC)c(OC)c3)nc2)cc(OC)c1OC. The van der Waals surface area contributed by atoms with E-state index in [1.165, 1.54) is 0 Å². The molecule has 0 aliphatic heterocycles. The molecular formula is C23H25NO6. The second-order valence-corrected chi connectivity index (χ2v) is 6.26. The number of pyridine rings is 1. The number of hydrogen-bond donors (Lipinski definition) is 0. The summed E-state index contributed by atoms with van der Waals surface area (Å²) in [6.07, 6.45) is 1.79. The first-order chi connectivity index (χ1) is 14.6. The van der Waals surface area contributed by atoms with Crippen LogP contribution in [0.1, 0.15) is 0 Å². The van der Waals surface area contributed by atoms with Crippen LogP contribution < -0.4 is 28.4 Å². The summed E-state index contributed by atoms with van der Waals surface area (Å²) in [4.78, 5) is 4.62. The molecule has 7 nitrogen and oxygen atoms in total. The minimum Gasteiger partial charge on any atom is -0.493 e. The minimum absolute atomic E-state index is 0.540. The van der Waals surface area contributed by atoms with E-state index in [2.05, 4.69) is 4.98 Å². The highest BCUT2D eigenvalue weighted by atomic mass is 16.5. The zero-order valence-corrected chi connectivity index (χ0v) is 17.9. The molecule has 0 saturated heterocycles. The van der Waals surface area contributed by atoms with Crippen LogP contribution in [0.5, 0.6) is 34.5 Å². The fourth-order valence-electron chi connectivity index (χ4n) is 3.21. The predicted octanol–water partition coefficient (Wildman–Crippen LogP) is 4.47. The Hall–Kier alpha value is -3.61. The smallest absolute Gasteiger partial charge is 0.203 e. The molecule has 0 saturated carbocycles. The van der Waals surface area contributed by atoms with E-state index in [0.29, 0.717) is 34.5 Å². The Balaban J connectivity index is 2.02. The highest BCUT2D eigenvalue weighted by molar-refractivity contribution is 5.73. The van der Waals surface area contributed by atoms with Crippen LogP contribution in [0.3, 0.4) is 0 Å². The van der Waals surface area contributed by atoms with Gasteiger partial charge in [0, 0.05) is 17.3 Å². The monoisotopic (exact) mass is 411 g/mol. The highest BCUT2D eigenvalue weighted by Crippen LogP contribution is 2.42. The van der Waals surface area contributed by atoms with Gasteiger partial charge >= 0.3 is 0 Å². The number of methoxy groups -OCH3 is 6. The Morgan fingerprint density at radius 1 is 0.500 bits per heavy atom. The molecule has 1 heterocycles. The standard InChI is InChI=1S/C23H25NO6/c1-25-18-9-15(10-19(26-2)22(18)29-5)14-7-8-17(24-13-14)16-11-20(27-3)23(30-6)21(12-16)28-4/h7-13H,1-6H3. The van der Waals surface area contributed by atoms with Gasteiger partial charge in [-0.2, -0.15) is 0 Å². The van der Waals surface area contributed by atoms with Gasteiger partial charge in [0.1, 0.15) is 0 Å². The second kappa shape index (κ2) is 9.26. The van der Waals surface area contributed by atoms with Crippen molar-refractivity contribution in [1.82, 2.24) is 4.98 Å². The maximum atomic E-state index is 5.44. The van der Waals surface area contributed by atoms with E-state index in [4.69, 9.17) is 28.4 Å². The van der Waals surface area contributed by atoms with Crippen molar-refractivity contribution in [3.63, 3.8) is 0 Å². The Morgan fingerprint density at radius 2 is 0.933 bits per heavy atom. The molecule has 3 aromatic rings. The lowest BCUT2D eigenvalue weighted by Gasteiger charge is -2.15. The van der Waals surface area contributed by atoms with Gasteiger partial charge < -0.3 is 28.4 Å². The van der Waals surface area contributed by atoms with Gasteiger partial charge in [0.25, 0.3) is 0 Å². The van der Waals surface area contributed by atoms with Gasteiger partial charge in [0.15, 0.2) is 23.0 Å². The fourth-order valence-corrected chi connectivity index (χ4v) is 3.21. The third-order valence-electron chi connectivity index (χ3n) is 4.72. The maximum absolute atomic E-state index is 5.44. The molecule has 7 heteroatoms. The summed E-state index contributed by atoms with van der Waals surface area (Å²) in [5, 5.41) is 0. The van der Waals surface area contributed by atoms with Crippen molar-refractivity contribution in [2.45, 2.75) is 0 Å². The lowest BCUT2D eigenvalue weighted by atomic mass is 10.0. The first-order valence-corrected chi connectivity index (χ1v) is 9.16. The number of rotatable bonds is 8. The second-order valence-electron chi connectivity index (χ2n) is 6.26. The van der Waals surface area contributed by atoms with E-state index < -0.39 is 0 Å². The van der Waals surface area contributed by atoms with Crippen LogP contribution in [0.15, 0.2) is 42.6 Å². The lowest BCUT2D eigenvalue weighted by molar-refractivity contribution is 0.324. The molecule has 0 amide bonds. The van der Waals surface area contributed by atoms with Gasteiger partial charge in [-0.3, -0.25) is 4.98 Å². The highest BCUT2D eigenvalue weighted by Gasteiger charge is 2.16. The van der Waals surface area contributed by atoms with E-state index in [1.54, 1.807) is 48.9 Å². The van der Waals surface area contributed by atoms with E-state index in [-0.39, 0.29) is 0 Å². The maximum Gasteiger partial charge on any atom is 0.203 e. The van der Waals surface area contributed by atoms with Crippen LogP contribution in [0.4, 0.5) is 0 Å². The molecule has 3 rings (SSSR count). The summed E-state index contributed by atoms with van der Waals surface area (Å²) < 4.78 is 32.5. The molecule has 0 fully saturated rings. The summed E-state index contributed by atoms with van der Waals surface area (Å²) in [7, 11) is 9.50. The first-order valence-electron chi connectivity index (χ1n) is 9.16. The van der Waals surface area contributed by atoms with Gasteiger partial charge in [-0.15, -0.1) is 0 Å². The topological polar surface area (TPSA) is 68.3 Å². The summed E-state index contributed by atoms with van der Waals surface area (Å²) in [6.45, 7) is 0. The molecular weight excluding hydrogens is 386 g/mol. The van der Waals surface area contributed by atoms with Crippen molar-refractivity contribution in [2.75, 3.05) is 42.7 Å². The molecule has 0 aliphatic carbocycles. The van der Waals surface area contributed by atoms with Gasteiger partial charge in [0.2, 0.25) is 11.5 Å². The molecule has 0 unspecified atom stereocenters. The number of hydrogen-bond acceptors (Lipinski definition) is 7. The van der Waals surface area contributed by atoms with Crippen molar-refractivity contribution in [2.24, 2.45) is 0 Å². The normalized spacial score (nSPS) is 10.3. The summed E-state index contributed by atoms with van der Waals surface area (Å²) in [5.74, 6) is 3.40. The Bertz CT molecular complexity index is 884. The average molecular weight is 411 g/mol. The molecule has 0 radical (unpaired) electrons.